The third-order valence-corrected chi connectivity index (χ3v) is 5.06. The lowest BCUT2D eigenvalue weighted by Crippen LogP contribution is -2.27. The van der Waals surface area contributed by atoms with Gasteiger partial charge in [0.2, 0.25) is 10.0 Å². The van der Waals surface area contributed by atoms with Crippen molar-refractivity contribution in [1.82, 2.24) is 9.71 Å². The Labute approximate surface area is 127 Å². The molecule has 0 saturated heterocycles. The van der Waals surface area contributed by atoms with Gasteiger partial charge in [-0.05, 0) is 36.8 Å². The van der Waals surface area contributed by atoms with Gasteiger partial charge in [0.25, 0.3) is 0 Å². The average Bonchev–Trinajstić information content (AvgIpc) is 2.48. The molecule has 0 spiro atoms. The van der Waals surface area contributed by atoms with Crippen molar-refractivity contribution in [2.45, 2.75) is 23.2 Å². The zero-order chi connectivity index (χ0) is 14.6. The molecule has 1 aromatic heterocycles. The van der Waals surface area contributed by atoms with E-state index < -0.39 is 10.0 Å². The Morgan fingerprint density at radius 1 is 1.20 bits per heavy atom. The smallest absolute Gasteiger partial charge is 0.241 e. The van der Waals surface area contributed by atoms with Crippen LogP contribution < -0.4 is 4.72 Å². The highest BCUT2D eigenvalue weighted by atomic mass is 79.9. The van der Waals surface area contributed by atoms with Crippen LogP contribution >= 0.6 is 15.9 Å². The maximum absolute atomic E-state index is 12.3. The van der Waals surface area contributed by atoms with Crippen LogP contribution in [0.3, 0.4) is 0 Å². The molecule has 0 unspecified atom stereocenters. The molecule has 6 heteroatoms. The van der Waals surface area contributed by atoms with E-state index in [1.807, 2.05) is 6.07 Å². The van der Waals surface area contributed by atoms with E-state index in [2.05, 4.69) is 25.6 Å². The second-order valence-corrected chi connectivity index (χ2v) is 6.65. The number of alkyl halides is 1. The minimum absolute atomic E-state index is 0.255. The molecule has 0 bridgehead atoms. The first-order chi connectivity index (χ1) is 9.53. The van der Waals surface area contributed by atoms with E-state index in [9.17, 15) is 8.42 Å². The van der Waals surface area contributed by atoms with Crippen LogP contribution in [-0.2, 0) is 15.4 Å². The largest absolute Gasteiger partial charge is 0.260 e. The molecule has 0 aliphatic rings. The second kappa shape index (κ2) is 6.47. The Morgan fingerprint density at radius 2 is 1.90 bits per heavy atom. The van der Waals surface area contributed by atoms with Gasteiger partial charge in [-0.1, -0.05) is 34.1 Å². The molecular weight excluding hydrogens is 340 g/mol. The number of rotatable bonds is 5. The molecule has 1 aromatic carbocycles. The number of pyridine rings is 1. The lowest BCUT2D eigenvalue weighted by molar-refractivity contribution is 0.564. The topological polar surface area (TPSA) is 59.1 Å². The lowest BCUT2D eigenvalue weighted by Gasteiger charge is -2.13. The van der Waals surface area contributed by atoms with Crippen LogP contribution in [0.2, 0.25) is 0 Å². The van der Waals surface area contributed by atoms with Gasteiger partial charge in [-0.2, -0.15) is 0 Å². The van der Waals surface area contributed by atoms with Crippen LogP contribution in [0.5, 0.6) is 0 Å². The molecule has 106 valence electrons. The molecule has 1 N–H and O–H groups in total. The van der Waals surface area contributed by atoms with Gasteiger partial charge in [-0.15, -0.1) is 0 Å². The van der Waals surface area contributed by atoms with Crippen LogP contribution in [0.15, 0.2) is 53.6 Å². The number of hydrogen-bond donors (Lipinski definition) is 1. The summed E-state index contributed by atoms with van der Waals surface area (Å²) in [7, 11) is -3.54. The number of sulfonamides is 1. The van der Waals surface area contributed by atoms with Crippen LogP contribution in [0.25, 0.3) is 0 Å². The van der Waals surface area contributed by atoms with Gasteiger partial charge in [0.05, 0.1) is 16.6 Å². The molecule has 0 aliphatic heterocycles. The Morgan fingerprint density at radius 3 is 2.45 bits per heavy atom. The van der Waals surface area contributed by atoms with Crippen molar-refractivity contribution in [2.75, 3.05) is 0 Å². The van der Waals surface area contributed by atoms with Crippen LogP contribution in [0.4, 0.5) is 0 Å². The number of nitrogens with one attached hydrogen (secondary N) is 1. The van der Waals surface area contributed by atoms with Crippen molar-refractivity contribution in [3.63, 3.8) is 0 Å². The van der Waals surface area contributed by atoms with Gasteiger partial charge in [-0.3, -0.25) is 4.98 Å². The first kappa shape index (κ1) is 15.2. The zero-order valence-corrected chi connectivity index (χ0v) is 13.4. The summed E-state index contributed by atoms with van der Waals surface area (Å²) < 4.78 is 27.2. The molecule has 2 aromatic rings. The van der Waals surface area contributed by atoms with Crippen molar-refractivity contribution >= 4 is 26.0 Å². The summed E-state index contributed by atoms with van der Waals surface area (Å²) >= 11 is 3.33. The van der Waals surface area contributed by atoms with Crippen LogP contribution in [0.1, 0.15) is 24.2 Å². The fourth-order valence-electron chi connectivity index (χ4n) is 1.75. The summed E-state index contributed by atoms with van der Waals surface area (Å²) in [5.74, 6) is 0. The first-order valence-corrected chi connectivity index (χ1v) is 8.71. The Kier molecular flexibility index (Phi) is 4.91. The molecule has 0 amide bonds. The molecule has 0 fully saturated rings. The second-order valence-electron chi connectivity index (χ2n) is 4.38. The molecule has 2 rings (SSSR count). The van der Waals surface area contributed by atoms with Gasteiger partial charge in [-0.25, -0.2) is 13.1 Å². The molecule has 4 nitrogen and oxygen atoms in total. The fraction of sp³-hybridized carbons (Fsp3) is 0.214. The number of nitrogens with zero attached hydrogens (tertiary/aromatic N) is 1. The lowest BCUT2D eigenvalue weighted by atomic mass is 10.2. The van der Waals surface area contributed by atoms with Crippen LogP contribution in [-0.4, -0.2) is 13.4 Å². The van der Waals surface area contributed by atoms with Crippen molar-refractivity contribution in [3.05, 3.63) is 59.9 Å². The van der Waals surface area contributed by atoms with Gasteiger partial charge in [0.1, 0.15) is 0 Å². The minimum atomic E-state index is -3.54. The highest BCUT2D eigenvalue weighted by Gasteiger charge is 2.18. The quantitative estimate of drug-likeness (QED) is 0.839. The van der Waals surface area contributed by atoms with E-state index in [0.29, 0.717) is 11.0 Å². The molecule has 0 radical (unpaired) electrons. The Balaban J connectivity index is 2.18. The van der Waals surface area contributed by atoms with Gasteiger partial charge in [0.15, 0.2) is 0 Å². The number of benzene rings is 1. The molecule has 1 atom stereocenters. The van der Waals surface area contributed by atoms with E-state index in [0.717, 1.165) is 5.56 Å². The zero-order valence-electron chi connectivity index (χ0n) is 11.0. The van der Waals surface area contributed by atoms with E-state index in [4.69, 9.17) is 0 Å². The summed E-state index contributed by atoms with van der Waals surface area (Å²) in [5, 5.41) is 0.699. The number of hydrogen-bond acceptors (Lipinski definition) is 3. The summed E-state index contributed by atoms with van der Waals surface area (Å²) in [6, 6.07) is 11.8. The highest BCUT2D eigenvalue weighted by molar-refractivity contribution is 9.08. The fourth-order valence-corrected chi connectivity index (χ4v) is 3.34. The van der Waals surface area contributed by atoms with Crippen molar-refractivity contribution in [3.8, 4) is 0 Å². The summed E-state index contributed by atoms with van der Waals surface area (Å²) in [5.41, 5.74) is 1.72. The predicted octanol–water partition coefficient (Wildman–Crippen LogP) is 3.02. The minimum Gasteiger partial charge on any atom is -0.260 e. The van der Waals surface area contributed by atoms with Crippen molar-refractivity contribution in [2.24, 2.45) is 0 Å². The summed E-state index contributed by atoms with van der Waals surface area (Å²) in [6.07, 6.45) is 1.64. The maximum atomic E-state index is 12.3. The third-order valence-electron chi connectivity index (χ3n) is 2.85. The summed E-state index contributed by atoms with van der Waals surface area (Å²) in [4.78, 5) is 4.41. The SMILES string of the molecule is C[C@H](NS(=O)(=O)c1ccc(CBr)cc1)c1ccccn1. The normalized spacial score (nSPS) is 13.1. The first-order valence-electron chi connectivity index (χ1n) is 6.11. The monoisotopic (exact) mass is 354 g/mol. The van der Waals surface area contributed by atoms with Gasteiger partial charge in [0, 0.05) is 11.5 Å². The molecule has 1 heterocycles. The molecule has 0 saturated carbocycles. The summed E-state index contributed by atoms with van der Waals surface area (Å²) in [6.45, 7) is 1.77. The Bertz CT molecular complexity index is 657. The van der Waals surface area contributed by atoms with E-state index in [-0.39, 0.29) is 10.9 Å². The van der Waals surface area contributed by atoms with Crippen molar-refractivity contribution in [1.29, 1.82) is 0 Å². The van der Waals surface area contributed by atoms with Gasteiger partial charge >= 0.3 is 0 Å². The molecular formula is C14H15BrN2O2S. The highest BCUT2D eigenvalue weighted by Crippen LogP contribution is 2.16. The van der Waals surface area contributed by atoms with Crippen molar-refractivity contribution < 1.29 is 8.42 Å². The number of halogens is 1. The standard InChI is InChI=1S/C14H15BrN2O2S/c1-11(14-4-2-3-9-16-14)17-20(18,19)13-7-5-12(10-15)6-8-13/h2-9,11,17H,10H2,1H3/t11-/m0/s1. The van der Waals surface area contributed by atoms with E-state index in [1.54, 1.807) is 49.5 Å². The molecule has 0 aliphatic carbocycles. The average molecular weight is 355 g/mol. The third kappa shape index (κ3) is 3.65. The van der Waals surface area contributed by atoms with E-state index in [1.165, 1.54) is 0 Å². The molecule has 20 heavy (non-hydrogen) atoms. The maximum Gasteiger partial charge on any atom is 0.241 e. The number of aromatic nitrogens is 1. The predicted molar refractivity (Wildman–Crippen MR) is 82.0 cm³/mol. The van der Waals surface area contributed by atoms with E-state index >= 15 is 0 Å². The Hall–Kier alpha value is -1.24. The van der Waals surface area contributed by atoms with Gasteiger partial charge < -0.3 is 0 Å². The van der Waals surface area contributed by atoms with Crippen LogP contribution in [0, 0.1) is 0 Å².